The van der Waals surface area contributed by atoms with Gasteiger partial charge in [-0.25, -0.2) is 4.79 Å². The zero-order valence-corrected chi connectivity index (χ0v) is 15.5. The molecule has 2 rings (SSSR count). The third-order valence-electron chi connectivity index (χ3n) is 3.75. The number of carbonyl (C=O) groups is 3. The van der Waals surface area contributed by atoms with E-state index in [1.165, 1.54) is 17.4 Å². The van der Waals surface area contributed by atoms with Crippen molar-refractivity contribution in [1.82, 2.24) is 0 Å². The molecule has 0 radical (unpaired) electrons. The Hall–Kier alpha value is -2.87. The number of hydrogen-bond donors (Lipinski definition) is 2. The number of nitrogens with two attached hydrogens (primary N) is 1. The summed E-state index contributed by atoms with van der Waals surface area (Å²) >= 11 is 1.17. The van der Waals surface area contributed by atoms with Crippen LogP contribution in [0.15, 0.2) is 35.7 Å². The van der Waals surface area contributed by atoms with Crippen LogP contribution >= 0.6 is 11.3 Å². The summed E-state index contributed by atoms with van der Waals surface area (Å²) in [6.45, 7) is 5.41. The molecule has 138 valence electrons. The van der Waals surface area contributed by atoms with Crippen LogP contribution in [0.25, 0.3) is 0 Å². The molecule has 8 heteroatoms. The summed E-state index contributed by atoms with van der Waals surface area (Å²) in [6, 6.07) is 8.53. The van der Waals surface area contributed by atoms with Gasteiger partial charge in [-0.05, 0) is 49.6 Å². The molecule has 0 fully saturated rings. The van der Waals surface area contributed by atoms with Crippen LogP contribution in [-0.4, -0.2) is 37.5 Å². The van der Waals surface area contributed by atoms with Crippen molar-refractivity contribution >= 4 is 39.8 Å². The van der Waals surface area contributed by atoms with Gasteiger partial charge in [0.1, 0.15) is 5.00 Å². The maximum absolute atomic E-state index is 12.1. The van der Waals surface area contributed by atoms with E-state index in [1.54, 1.807) is 17.5 Å². The highest BCUT2D eigenvalue weighted by Crippen LogP contribution is 2.22. The zero-order chi connectivity index (χ0) is 19.1. The van der Waals surface area contributed by atoms with E-state index in [0.717, 1.165) is 18.8 Å². The van der Waals surface area contributed by atoms with Crippen LogP contribution in [0.1, 0.15) is 34.6 Å². The second-order valence-electron chi connectivity index (χ2n) is 5.37. The number of primary amides is 1. The van der Waals surface area contributed by atoms with E-state index >= 15 is 0 Å². The van der Waals surface area contributed by atoms with Gasteiger partial charge in [0.25, 0.3) is 11.8 Å². The summed E-state index contributed by atoms with van der Waals surface area (Å²) < 4.78 is 5.02. The molecule has 3 N–H and O–H groups in total. The minimum atomic E-state index is -0.633. The average Bonchev–Trinajstić information content (AvgIpc) is 3.09. The maximum atomic E-state index is 12.1. The molecule has 0 spiro atoms. The summed E-state index contributed by atoms with van der Waals surface area (Å²) in [5.74, 6) is -1.76. The lowest BCUT2D eigenvalue weighted by Gasteiger charge is -2.20. The van der Waals surface area contributed by atoms with Crippen molar-refractivity contribution in [3.8, 4) is 0 Å². The van der Waals surface area contributed by atoms with Crippen molar-refractivity contribution in [1.29, 1.82) is 0 Å². The summed E-state index contributed by atoms with van der Waals surface area (Å²) in [4.78, 5) is 37.3. The lowest BCUT2D eigenvalue weighted by molar-refractivity contribution is -0.119. The van der Waals surface area contributed by atoms with Crippen LogP contribution < -0.4 is 16.0 Å². The smallest absolute Gasteiger partial charge is 0.338 e. The number of rotatable bonds is 8. The molecular weight excluding hydrogens is 354 g/mol. The second kappa shape index (κ2) is 9.00. The Balaban J connectivity index is 1.90. The average molecular weight is 375 g/mol. The Labute approximate surface area is 155 Å². The largest absolute Gasteiger partial charge is 0.452 e. The second-order valence-corrected chi connectivity index (χ2v) is 6.29. The molecule has 0 aliphatic carbocycles. The van der Waals surface area contributed by atoms with Gasteiger partial charge in [-0.15, -0.1) is 11.3 Å². The molecule has 7 nitrogen and oxygen atoms in total. The highest BCUT2D eigenvalue weighted by atomic mass is 32.1. The van der Waals surface area contributed by atoms with Crippen molar-refractivity contribution in [3.63, 3.8) is 0 Å². The number of nitrogens with zero attached hydrogens (tertiary/aromatic N) is 1. The summed E-state index contributed by atoms with van der Waals surface area (Å²) in [5, 5.41) is 4.49. The van der Waals surface area contributed by atoms with Gasteiger partial charge in [-0.3, -0.25) is 9.59 Å². The van der Waals surface area contributed by atoms with E-state index in [2.05, 4.69) is 24.1 Å². The summed E-state index contributed by atoms with van der Waals surface area (Å²) in [6.07, 6.45) is 0. The Morgan fingerprint density at radius 3 is 2.35 bits per heavy atom. The van der Waals surface area contributed by atoms with Crippen LogP contribution in [-0.2, 0) is 9.53 Å². The first-order valence-corrected chi connectivity index (χ1v) is 9.03. The molecule has 1 heterocycles. The molecule has 1 aromatic carbocycles. The fourth-order valence-electron chi connectivity index (χ4n) is 2.37. The minimum Gasteiger partial charge on any atom is -0.452 e. The van der Waals surface area contributed by atoms with Crippen molar-refractivity contribution < 1.29 is 19.1 Å². The lowest BCUT2D eigenvalue weighted by Crippen LogP contribution is -2.23. The van der Waals surface area contributed by atoms with Crippen LogP contribution in [0.4, 0.5) is 10.7 Å². The van der Waals surface area contributed by atoms with Crippen molar-refractivity contribution in [2.75, 3.05) is 29.9 Å². The molecule has 0 saturated heterocycles. The van der Waals surface area contributed by atoms with Gasteiger partial charge in [0, 0.05) is 18.8 Å². The van der Waals surface area contributed by atoms with E-state index in [4.69, 9.17) is 10.5 Å². The maximum Gasteiger partial charge on any atom is 0.338 e. The van der Waals surface area contributed by atoms with Crippen molar-refractivity contribution in [2.45, 2.75) is 13.8 Å². The number of thiophene rings is 1. The predicted octanol–water partition coefficient (Wildman–Crippen LogP) is 2.49. The van der Waals surface area contributed by atoms with Crippen LogP contribution in [0.2, 0.25) is 0 Å². The molecule has 0 bridgehead atoms. The summed E-state index contributed by atoms with van der Waals surface area (Å²) in [5.41, 5.74) is 6.82. The Kier molecular flexibility index (Phi) is 6.74. The number of ether oxygens (including phenoxy) is 1. The monoisotopic (exact) mass is 375 g/mol. The number of nitrogens with one attached hydrogen (secondary N) is 1. The number of hydrogen-bond acceptors (Lipinski definition) is 6. The fraction of sp³-hybridized carbons (Fsp3) is 0.278. The van der Waals surface area contributed by atoms with Gasteiger partial charge in [-0.1, -0.05) is 0 Å². The van der Waals surface area contributed by atoms with Gasteiger partial charge in [0.2, 0.25) is 0 Å². The van der Waals surface area contributed by atoms with Crippen molar-refractivity contribution in [2.24, 2.45) is 5.73 Å². The Morgan fingerprint density at radius 2 is 1.77 bits per heavy atom. The first-order valence-electron chi connectivity index (χ1n) is 8.15. The van der Waals surface area contributed by atoms with E-state index in [0.29, 0.717) is 10.6 Å². The van der Waals surface area contributed by atoms with E-state index < -0.39 is 24.4 Å². The summed E-state index contributed by atoms with van der Waals surface area (Å²) in [7, 11) is 0. The van der Waals surface area contributed by atoms with Gasteiger partial charge in [-0.2, -0.15) is 0 Å². The molecule has 0 unspecified atom stereocenters. The number of amides is 2. The van der Waals surface area contributed by atoms with Crippen molar-refractivity contribution in [3.05, 3.63) is 46.8 Å². The zero-order valence-electron chi connectivity index (χ0n) is 14.7. The first-order chi connectivity index (χ1) is 12.5. The first kappa shape index (κ1) is 19.5. The quantitative estimate of drug-likeness (QED) is 0.690. The van der Waals surface area contributed by atoms with Crippen LogP contribution in [0.3, 0.4) is 0 Å². The van der Waals surface area contributed by atoms with Gasteiger partial charge in [0.15, 0.2) is 6.61 Å². The van der Waals surface area contributed by atoms with E-state index in [9.17, 15) is 14.4 Å². The number of esters is 1. The Bertz CT molecular complexity index is 782. The third-order valence-corrected chi connectivity index (χ3v) is 4.58. The fourth-order valence-corrected chi connectivity index (χ4v) is 3.18. The third kappa shape index (κ3) is 4.82. The van der Waals surface area contributed by atoms with Crippen LogP contribution in [0, 0.1) is 0 Å². The topological polar surface area (TPSA) is 102 Å². The van der Waals surface area contributed by atoms with Gasteiger partial charge < -0.3 is 20.7 Å². The number of anilines is 2. The number of benzene rings is 1. The molecule has 2 amide bonds. The minimum absolute atomic E-state index is 0.224. The van der Waals surface area contributed by atoms with E-state index in [-0.39, 0.29) is 5.56 Å². The highest BCUT2D eigenvalue weighted by molar-refractivity contribution is 7.14. The van der Waals surface area contributed by atoms with Gasteiger partial charge in [0.05, 0.1) is 11.1 Å². The standard InChI is InChI=1S/C18H21N3O4S/c1-3-21(4-2)13-7-5-12(6-8-13)18(24)25-11-15(22)20-17-14(16(19)23)9-10-26-17/h5-10H,3-4,11H2,1-2H3,(H2,19,23)(H,20,22). The van der Waals surface area contributed by atoms with Gasteiger partial charge >= 0.3 is 5.97 Å². The molecule has 0 saturated carbocycles. The molecule has 2 aromatic rings. The molecular formula is C18H21N3O4S. The number of carbonyl (C=O) groups excluding carboxylic acids is 3. The van der Waals surface area contributed by atoms with Crippen LogP contribution in [0.5, 0.6) is 0 Å². The Morgan fingerprint density at radius 1 is 1.12 bits per heavy atom. The predicted molar refractivity (Wildman–Crippen MR) is 102 cm³/mol. The molecule has 0 aliphatic rings. The SMILES string of the molecule is CCN(CC)c1ccc(C(=O)OCC(=O)Nc2sccc2C(N)=O)cc1. The lowest BCUT2D eigenvalue weighted by atomic mass is 10.2. The normalized spacial score (nSPS) is 10.2. The van der Waals surface area contributed by atoms with E-state index in [1.807, 2.05) is 12.1 Å². The molecule has 26 heavy (non-hydrogen) atoms. The molecule has 1 aromatic heterocycles. The molecule has 0 aliphatic heterocycles. The highest BCUT2D eigenvalue weighted by Gasteiger charge is 2.15. The molecule has 0 atom stereocenters.